The van der Waals surface area contributed by atoms with Crippen LogP contribution in [0.25, 0.3) is 22.3 Å². The quantitative estimate of drug-likeness (QED) is 0.0617. The van der Waals surface area contributed by atoms with E-state index in [2.05, 4.69) is 10.5 Å². The Kier molecular flexibility index (Phi) is 12.2. The number of nitrogens with two attached hydrogens (primary N) is 2. The molecular formula is C30H35ClN6O6Pt. The van der Waals surface area contributed by atoms with E-state index in [4.69, 9.17) is 26.0 Å². The summed E-state index contributed by atoms with van der Waals surface area (Å²) < 4.78 is 6.68. The maximum Gasteiger partial charge on any atom is 2.00 e. The summed E-state index contributed by atoms with van der Waals surface area (Å²) in [6, 6.07) is 8.56. The molecule has 0 saturated carbocycles. The number of cyclic esters (lactones) is 1. The molecule has 1 unspecified atom stereocenters. The van der Waals surface area contributed by atoms with E-state index in [0.29, 0.717) is 30.1 Å². The van der Waals surface area contributed by atoms with Crippen LogP contribution in [-0.2, 0) is 59.0 Å². The first kappa shape index (κ1) is 35.3. The number of unbranched alkanes of at least 4 members (excludes halogenated alkanes) is 3. The van der Waals surface area contributed by atoms with Crippen LogP contribution >= 0.6 is 0 Å². The van der Waals surface area contributed by atoms with E-state index in [9.17, 15) is 19.5 Å². The number of amides is 1. The Balaban J connectivity index is 0.00000264. The average Bonchev–Trinajstić information content (AvgIpc) is 3.37. The predicted molar refractivity (Wildman–Crippen MR) is 154 cm³/mol. The van der Waals surface area contributed by atoms with E-state index >= 15 is 0 Å². The van der Waals surface area contributed by atoms with Gasteiger partial charge in [0.2, 0.25) is 5.91 Å². The number of nitrogens with one attached hydrogen (secondary N) is 1. The number of halogens is 1. The summed E-state index contributed by atoms with van der Waals surface area (Å²) in [7, 11) is 0. The molecule has 3 aromatic rings. The van der Waals surface area contributed by atoms with Crippen molar-refractivity contribution in [1.29, 1.82) is 0 Å². The number of aromatic nitrogens is 2. The third-order valence-electron chi connectivity index (χ3n) is 7.92. The summed E-state index contributed by atoms with van der Waals surface area (Å²) in [6.45, 7) is 2.74. The van der Waals surface area contributed by atoms with E-state index in [0.717, 1.165) is 42.2 Å². The average molecular weight is 806 g/mol. The summed E-state index contributed by atoms with van der Waals surface area (Å²) in [6.07, 6.45) is 5.07. The molecule has 44 heavy (non-hydrogen) atoms. The minimum Gasteiger partial charge on any atom is -1.00 e. The zero-order chi connectivity index (χ0) is 29.9. The third kappa shape index (κ3) is 6.74. The molecular weight excluding hydrogens is 771 g/mol. The topological polar surface area (TPSA) is 187 Å². The second kappa shape index (κ2) is 15.2. The van der Waals surface area contributed by atoms with Gasteiger partial charge in [-0.15, -0.1) is 0 Å². The van der Waals surface area contributed by atoms with Gasteiger partial charge in [-0.05, 0) is 37.0 Å². The number of fused-ring (bicyclic) bond motifs is 5. The normalized spacial score (nSPS) is 17.1. The Labute approximate surface area is 275 Å². The molecule has 14 heteroatoms. The number of oxime groups is 1. The van der Waals surface area contributed by atoms with Gasteiger partial charge in [0.25, 0.3) is 11.5 Å². The number of carbonyl (C=O) groups excluding carboxylic acids is 2. The molecule has 0 fully saturated rings. The van der Waals surface area contributed by atoms with Gasteiger partial charge in [0.1, 0.15) is 13.2 Å². The van der Waals surface area contributed by atoms with Gasteiger partial charge >= 0.3 is 21.1 Å². The Hall–Kier alpha value is -3.15. The number of ether oxygens (including phenoxy) is 1. The fraction of sp³-hybridized carbons (Fsp3) is 0.433. The molecule has 0 radical (unpaired) electrons. The van der Waals surface area contributed by atoms with Gasteiger partial charge < -0.3 is 48.4 Å². The number of hydrogen-bond donors (Lipinski definition) is 3. The molecule has 238 valence electrons. The maximum absolute atomic E-state index is 13.5. The second-order valence-electron chi connectivity index (χ2n) is 10.6. The van der Waals surface area contributed by atoms with E-state index in [-0.39, 0.29) is 82.2 Å². The van der Waals surface area contributed by atoms with Gasteiger partial charge in [-0.2, -0.15) is 0 Å². The molecule has 1 amide bonds. The second-order valence-corrected chi connectivity index (χ2v) is 10.6. The molecule has 12 nitrogen and oxygen atoms in total. The molecule has 5 rings (SSSR count). The van der Waals surface area contributed by atoms with Crippen LogP contribution < -0.4 is 39.9 Å². The molecule has 0 spiro atoms. The number of carbonyl (C=O) groups is 2. The molecule has 2 aliphatic heterocycles. The zero-order valence-corrected chi connectivity index (χ0v) is 27.3. The van der Waals surface area contributed by atoms with Crippen molar-refractivity contribution < 1.29 is 57.7 Å². The molecule has 2 aliphatic rings. The Morgan fingerprint density at radius 3 is 2.75 bits per heavy atom. The number of nitrogens with zero attached hydrogens (tertiary/aromatic N) is 3. The fourth-order valence-electron chi connectivity index (χ4n) is 5.43. The van der Waals surface area contributed by atoms with Gasteiger partial charge in [0.15, 0.2) is 0 Å². The maximum atomic E-state index is 13.5. The van der Waals surface area contributed by atoms with Crippen molar-refractivity contribution in [2.45, 2.75) is 63.8 Å². The molecule has 2 atom stereocenters. The number of esters is 1. The molecule has 0 aliphatic carbocycles. The molecule has 5 N–H and O–H groups in total. The Bertz CT molecular complexity index is 1620. The van der Waals surface area contributed by atoms with E-state index in [1.165, 1.54) is 0 Å². The van der Waals surface area contributed by atoms with Crippen LogP contribution in [-0.4, -0.2) is 53.4 Å². The van der Waals surface area contributed by atoms with Crippen LogP contribution in [0.15, 0.2) is 40.3 Å². The molecule has 0 saturated heterocycles. The zero-order valence-electron chi connectivity index (χ0n) is 24.3. The van der Waals surface area contributed by atoms with Gasteiger partial charge in [-0.25, -0.2) is 4.98 Å². The molecule has 0 bridgehead atoms. The summed E-state index contributed by atoms with van der Waals surface area (Å²) >= 11 is 0. The van der Waals surface area contributed by atoms with Crippen molar-refractivity contribution in [3.8, 4) is 11.4 Å². The van der Waals surface area contributed by atoms with Crippen LogP contribution in [0.3, 0.4) is 0 Å². The van der Waals surface area contributed by atoms with Crippen molar-refractivity contribution >= 4 is 29.0 Å². The first-order chi connectivity index (χ1) is 20.3. The van der Waals surface area contributed by atoms with Crippen LogP contribution in [0.2, 0.25) is 0 Å². The smallest absolute Gasteiger partial charge is 1.00 e. The predicted octanol–water partition coefficient (Wildman–Crippen LogP) is -2.24. The number of hydrogen-bond acceptors (Lipinski definition) is 10. The summed E-state index contributed by atoms with van der Waals surface area (Å²) in [5, 5.41) is 21.3. The monoisotopic (exact) mass is 805 g/mol. The Morgan fingerprint density at radius 2 is 2.00 bits per heavy atom. The van der Waals surface area contributed by atoms with Gasteiger partial charge in [0, 0.05) is 35.2 Å². The molecule has 1 aromatic carbocycles. The fourth-order valence-corrected chi connectivity index (χ4v) is 5.43. The molecule has 4 heterocycles. The first-order valence-electron chi connectivity index (χ1n) is 14.3. The van der Waals surface area contributed by atoms with Crippen molar-refractivity contribution in [2.24, 2.45) is 16.6 Å². The summed E-state index contributed by atoms with van der Waals surface area (Å²) in [5.74, 6) is -1.10. The van der Waals surface area contributed by atoms with Gasteiger partial charge in [-0.3, -0.25) is 14.4 Å². The minimum absolute atomic E-state index is 0. The third-order valence-corrected chi connectivity index (χ3v) is 7.92. The molecule has 2 aromatic heterocycles. The van der Waals surface area contributed by atoms with E-state index in [1.807, 2.05) is 24.3 Å². The van der Waals surface area contributed by atoms with Crippen LogP contribution in [0.4, 0.5) is 0 Å². The van der Waals surface area contributed by atoms with Crippen molar-refractivity contribution in [1.82, 2.24) is 14.9 Å². The number of para-hydroxylation sites is 1. The van der Waals surface area contributed by atoms with Crippen LogP contribution in [0, 0.1) is 0 Å². The van der Waals surface area contributed by atoms with E-state index < -0.39 is 17.6 Å². The van der Waals surface area contributed by atoms with Gasteiger partial charge in [0.05, 0.1) is 41.3 Å². The summed E-state index contributed by atoms with van der Waals surface area (Å²) in [4.78, 5) is 47.9. The van der Waals surface area contributed by atoms with Crippen LogP contribution in [0.1, 0.15) is 61.3 Å². The number of pyridine rings is 2. The van der Waals surface area contributed by atoms with Crippen molar-refractivity contribution in [2.75, 3.05) is 19.7 Å². The SMILES string of the molecule is CC[C@@]1([O-])C(=O)OCc2c1cc1n(c2=O)Cc2c-1nc1ccccc1c2/C=N/OCCCCCCNC(=O)C(N)CN.[Cl-].[Pt+2]. The Morgan fingerprint density at radius 1 is 1.25 bits per heavy atom. The number of rotatable bonds is 12. The largest absolute Gasteiger partial charge is 2.00 e. The van der Waals surface area contributed by atoms with Gasteiger partial charge in [-0.1, -0.05) is 43.1 Å². The standard InChI is InChI=1S/C30H35N6O6.ClH.Pt/c1-2-30(40)22-13-25-26-20(16-36(25)28(38)21(22)17-41-29(30)39)19(18-9-5-6-10-24(18)35-26)15-34-42-12-8-4-3-7-11-33-27(37)23(32)14-31;;/h5-6,9-10,13,15,23H,2-4,7-8,11-12,14,16-17,31-32H2,1H3,(H,33,37);1H;/q-1;;+2/p-1/b34-15+;;/t23?,30-;;/m0../s1. The minimum atomic E-state index is -2.13. The van der Waals surface area contributed by atoms with Crippen molar-refractivity contribution in [3.05, 3.63) is 62.9 Å². The number of benzene rings is 1. The van der Waals surface area contributed by atoms with E-state index in [1.54, 1.807) is 23.8 Å². The summed E-state index contributed by atoms with van der Waals surface area (Å²) in [5.41, 5.74) is 12.2. The van der Waals surface area contributed by atoms with Crippen molar-refractivity contribution in [3.63, 3.8) is 0 Å². The van der Waals surface area contributed by atoms with Crippen LogP contribution in [0.5, 0.6) is 0 Å². The first-order valence-corrected chi connectivity index (χ1v) is 14.3.